The number of hydrogen-bond acceptors (Lipinski definition) is 6. The maximum Gasteiger partial charge on any atom is 0.245 e. The molecule has 0 bridgehead atoms. The predicted octanol–water partition coefficient (Wildman–Crippen LogP) is 1.50. The van der Waals surface area contributed by atoms with Crippen molar-refractivity contribution in [1.29, 1.82) is 5.26 Å². The Morgan fingerprint density at radius 1 is 1.20 bits per heavy atom. The van der Waals surface area contributed by atoms with Crippen LogP contribution >= 0.6 is 0 Å². The number of carbonyl (C=O) groups excluding carboxylic acids is 2. The van der Waals surface area contributed by atoms with Crippen LogP contribution in [0.1, 0.15) is 18.9 Å². The molecule has 0 saturated carbocycles. The van der Waals surface area contributed by atoms with Gasteiger partial charge in [0.2, 0.25) is 5.91 Å². The fourth-order valence-electron chi connectivity index (χ4n) is 2.39. The summed E-state index contributed by atoms with van der Waals surface area (Å²) in [5, 5.41) is 11.8. The smallest absolute Gasteiger partial charge is 0.245 e. The molecule has 0 aliphatic carbocycles. The third-order valence-corrected chi connectivity index (χ3v) is 3.81. The summed E-state index contributed by atoms with van der Waals surface area (Å²) in [6, 6.07) is 7.21. The number of rotatable bonds is 10. The highest BCUT2D eigenvalue weighted by Crippen LogP contribution is 2.27. The van der Waals surface area contributed by atoms with E-state index in [4.69, 9.17) is 19.5 Å². The van der Waals surface area contributed by atoms with Gasteiger partial charge in [0.25, 0.3) is 0 Å². The van der Waals surface area contributed by atoms with Crippen molar-refractivity contribution in [1.82, 2.24) is 5.32 Å². The average molecular weight is 348 g/mol. The molecule has 2 atom stereocenters. The molecular formula is C18H24N2O5. The van der Waals surface area contributed by atoms with Crippen LogP contribution in [-0.4, -0.2) is 45.7 Å². The molecule has 136 valence electrons. The number of hydrogen-bond donors (Lipinski definition) is 1. The first-order valence-corrected chi connectivity index (χ1v) is 7.97. The monoisotopic (exact) mass is 348 g/mol. The van der Waals surface area contributed by atoms with Crippen molar-refractivity contribution < 1.29 is 23.8 Å². The second kappa shape index (κ2) is 10.3. The topological polar surface area (TPSA) is 97.7 Å². The van der Waals surface area contributed by atoms with Gasteiger partial charge in [-0.15, -0.1) is 0 Å². The van der Waals surface area contributed by atoms with Crippen molar-refractivity contribution in [2.75, 3.05) is 27.9 Å². The maximum atomic E-state index is 12.1. The van der Waals surface area contributed by atoms with E-state index in [0.29, 0.717) is 30.9 Å². The number of carbonyl (C=O) groups is 2. The van der Waals surface area contributed by atoms with E-state index in [1.807, 2.05) is 12.1 Å². The van der Waals surface area contributed by atoms with E-state index in [9.17, 15) is 9.59 Å². The summed E-state index contributed by atoms with van der Waals surface area (Å²) in [7, 11) is 4.49. The highest BCUT2D eigenvalue weighted by molar-refractivity contribution is 6.05. The summed E-state index contributed by atoms with van der Waals surface area (Å²) in [6.07, 6.45) is 0.188. The Morgan fingerprint density at radius 3 is 2.40 bits per heavy atom. The van der Waals surface area contributed by atoms with Gasteiger partial charge in [0, 0.05) is 13.7 Å². The third kappa shape index (κ3) is 5.47. The van der Waals surface area contributed by atoms with Crippen molar-refractivity contribution in [3.05, 3.63) is 23.8 Å². The quantitative estimate of drug-likeness (QED) is 0.644. The molecule has 0 unspecified atom stereocenters. The third-order valence-electron chi connectivity index (χ3n) is 3.81. The van der Waals surface area contributed by atoms with Gasteiger partial charge in [-0.3, -0.25) is 9.59 Å². The highest BCUT2D eigenvalue weighted by Gasteiger charge is 2.31. The fraction of sp³-hybridized carbons (Fsp3) is 0.500. The number of amides is 1. The van der Waals surface area contributed by atoms with Gasteiger partial charge in [0.1, 0.15) is 6.10 Å². The van der Waals surface area contributed by atoms with Gasteiger partial charge in [-0.25, -0.2) is 0 Å². The van der Waals surface area contributed by atoms with Crippen LogP contribution < -0.4 is 14.8 Å². The molecule has 1 aromatic carbocycles. The van der Waals surface area contributed by atoms with Crippen molar-refractivity contribution in [2.24, 2.45) is 5.92 Å². The Balaban J connectivity index is 2.64. The van der Waals surface area contributed by atoms with Gasteiger partial charge in [-0.2, -0.15) is 5.26 Å². The molecule has 25 heavy (non-hydrogen) atoms. The summed E-state index contributed by atoms with van der Waals surface area (Å²) in [4.78, 5) is 24.2. The van der Waals surface area contributed by atoms with E-state index in [1.54, 1.807) is 33.3 Å². The number of ketones is 1. The zero-order valence-corrected chi connectivity index (χ0v) is 15.0. The Hall–Kier alpha value is -2.59. The summed E-state index contributed by atoms with van der Waals surface area (Å²) < 4.78 is 15.4. The first-order chi connectivity index (χ1) is 12.0. The van der Waals surface area contributed by atoms with Gasteiger partial charge in [0.15, 0.2) is 23.2 Å². The Bertz CT molecular complexity index is 635. The minimum absolute atomic E-state index is 0.295. The lowest BCUT2D eigenvalue weighted by molar-refractivity contribution is -0.137. The fourth-order valence-corrected chi connectivity index (χ4v) is 2.39. The van der Waals surface area contributed by atoms with E-state index in [0.717, 1.165) is 5.56 Å². The van der Waals surface area contributed by atoms with Crippen LogP contribution in [-0.2, 0) is 20.7 Å². The van der Waals surface area contributed by atoms with Crippen LogP contribution in [0, 0.1) is 17.2 Å². The summed E-state index contributed by atoms with van der Waals surface area (Å²) >= 11 is 0. The molecule has 1 amide bonds. The van der Waals surface area contributed by atoms with Crippen LogP contribution in [0.3, 0.4) is 0 Å². The van der Waals surface area contributed by atoms with Crippen molar-refractivity contribution in [3.63, 3.8) is 0 Å². The Morgan fingerprint density at radius 2 is 1.88 bits per heavy atom. The second-order valence-electron chi connectivity index (χ2n) is 5.33. The second-order valence-corrected chi connectivity index (χ2v) is 5.33. The molecule has 1 aromatic rings. The molecular weight excluding hydrogens is 324 g/mol. The van der Waals surface area contributed by atoms with Crippen molar-refractivity contribution in [3.8, 4) is 17.6 Å². The van der Waals surface area contributed by atoms with E-state index < -0.39 is 23.7 Å². The molecule has 0 radical (unpaired) electrons. The van der Waals surface area contributed by atoms with Gasteiger partial charge in [-0.1, -0.05) is 13.0 Å². The highest BCUT2D eigenvalue weighted by atomic mass is 16.5. The summed E-state index contributed by atoms with van der Waals surface area (Å²) in [5.74, 6) is -1.27. The average Bonchev–Trinajstić information content (AvgIpc) is 2.63. The molecule has 0 fully saturated rings. The number of methoxy groups -OCH3 is 3. The zero-order valence-electron chi connectivity index (χ0n) is 15.0. The minimum atomic E-state index is -1.37. The van der Waals surface area contributed by atoms with Gasteiger partial charge in [-0.05, 0) is 30.5 Å². The number of nitriles is 1. The van der Waals surface area contributed by atoms with Crippen LogP contribution in [0.2, 0.25) is 0 Å². The van der Waals surface area contributed by atoms with E-state index in [2.05, 4.69) is 5.32 Å². The first kappa shape index (κ1) is 20.5. The SMILES string of the molecule is CC[C@H](OC)C(=O)[C@@H](C#N)C(=O)NCCc1ccc(OC)c(OC)c1. The molecule has 0 saturated heterocycles. The lowest BCUT2D eigenvalue weighted by Crippen LogP contribution is -2.40. The molecule has 0 aliphatic rings. The van der Waals surface area contributed by atoms with E-state index >= 15 is 0 Å². The molecule has 1 rings (SSSR count). The van der Waals surface area contributed by atoms with Crippen molar-refractivity contribution in [2.45, 2.75) is 25.9 Å². The summed E-state index contributed by atoms with van der Waals surface area (Å²) in [6.45, 7) is 2.05. The van der Waals surface area contributed by atoms with Crippen LogP contribution in [0.5, 0.6) is 11.5 Å². The number of benzene rings is 1. The number of ether oxygens (including phenoxy) is 3. The molecule has 7 heteroatoms. The maximum absolute atomic E-state index is 12.1. The largest absolute Gasteiger partial charge is 0.493 e. The van der Waals surface area contributed by atoms with E-state index in [1.165, 1.54) is 7.11 Å². The summed E-state index contributed by atoms with van der Waals surface area (Å²) in [5.41, 5.74) is 0.932. The number of nitrogens with zero attached hydrogens (tertiary/aromatic N) is 1. The lowest BCUT2D eigenvalue weighted by Gasteiger charge is -2.15. The standard InChI is InChI=1S/C18H24N2O5/c1-5-14(23-2)17(21)13(11-19)18(22)20-9-8-12-6-7-15(24-3)16(10-12)25-4/h6-7,10,13-14H,5,8-9H2,1-4H3,(H,20,22)/t13-,14+/m1/s1. The number of nitrogens with one attached hydrogen (secondary N) is 1. The van der Waals surface area contributed by atoms with E-state index in [-0.39, 0.29) is 0 Å². The molecule has 0 spiro atoms. The van der Waals surface area contributed by atoms with Crippen molar-refractivity contribution >= 4 is 11.7 Å². The first-order valence-electron chi connectivity index (χ1n) is 7.97. The van der Waals surface area contributed by atoms with Crippen LogP contribution in [0.15, 0.2) is 18.2 Å². The van der Waals surface area contributed by atoms with Gasteiger partial charge in [0.05, 0.1) is 20.3 Å². The van der Waals surface area contributed by atoms with Crippen LogP contribution in [0.25, 0.3) is 0 Å². The molecule has 0 heterocycles. The predicted molar refractivity (Wildman–Crippen MR) is 91.5 cm³/mol. The zero-order chi connectivity index (χ0) is 18.8. The normalized spacial score (nSPS) is 12.6. The Kier molecular flexibility index (Phi) is 8.44. The molecule has 0 aromatic heterocycles. The minimum Gasteiger partial charge on any atom is -0.493 e. The van der Waals surface area contributed by atoms with Gasteiger partial charge >= 0.3 is 0 Å². The lowest BCUT2D eigenvalue weighted by atomic mass is 9.98. The van der Waals surface area contributed by atoms with Gasteiger partial charge < -0.3 is 19.5 Å². The Labute approximate surface area is 147 Å². The molecule has 7 nitrogen and oxygen atoms in total. The number of Topliss-reactive ketones (excluding diaryl/α,β-unsaturated/α-hetero) is 1. The molecule has 1 N–H and O–H groups in total. The van der Waals surface area contributed by atoms with Crippen LogP contribution in [0.4, 0.5) is 0 Å². The molecule has 0 aliphatic heterocycles.